The van der Waals surface area contributed by atoms with E-state index in [1.54, 1.807) is 12.2 Å². The zero-order chi connectivity index (χ0) is 13.2. The van der Waals surface area contributed by atoms with Crippen LogP contribution in [-0.4, -0.2) is 28.5 Å². The summed E-state index contributed by atoms with van der Waals surface area (Å²) in [4.78, 5) is 11.2. The molecule has 0 unspecified atom stereocenters. The highest BCUT2D eigenvalue weighted by atomic mass is 19.4. The Morgan fingerprint density at radius 3 is 2.53 bits per heavy atom. The molecule has 1 aromatic heterocycles. The molecule has 1 rings (SSSR count). The standard InChI is InChI=1S/C8H12F3N5O/c1-4-5(12)6(16(2)15-4)14-7(17)13-3-8(9,10)11/h3,12H2,1-2H3,(H2,13,14,17). The van der Waals surface area contributed by atoms with Crippen LogP contribution in [0, 0.1) is 6.92 Å². The normalized spacial score (nSPS) is 11.4. The average Bonchev–Trinajstić information content (AvgIpc) is 2.41. The maximum atomic E-state index is 11.8. The summed E-state index contributed by atoms with van der Waals surface area (Å²) >= 11 is 0. The number of nitrogens with two attached hydrogens (primary N) is 1. The van der Waals surface area contributed by atoms with Gasteiger partial charge in [-0.15, -0.1) is 0 Å². The maximum absolute atomic E-state index is 11.8. The Bertz CT molecular complexity index is 426. The second-order valence-corrected chi connectivity index (χ2v) is 3.39. The van der Waals surface area contributed by atoms with Crippen LogP contribution in [0.5, 0.6) is 0 Å². The van der Waals surface area contributed by atoms with Crippen molar-refractivity contribution in [3.63, 3.8) is 0 Å². The van der Waals surface area contributed by atoms with E-state index in [9.17, 15) is 18.0 Å². The Morgan fingerprint density at radius 1 is 1.53 bits per heavy atom. The number of nitrogens with one attached hydrogen (secondary N) is 2. The highest BCUT2D eigenvalue weighted by Crippen LogP contribution is 2.20. The highest BCUT2D eigenvalue weighted by molar-refractivity contribution is 5.91. The molecule has 0 aliphatic heterocycles. The second kappa shape index (κ2) is 4.52. The largest absolute Gasteiger partial charge is 0.405 e. The van der Waals surface area contributed by atoms with E-state index in [-0.39, 0.29) is 11.5 Å². The molecule has 0 aromatic carbocycles. The number of hydrogen-bond acceptors (Lipinski definition) is 3. The van der Waals surface area contributed by atoms with Crippen molar-refractivity contribution in [2.75, 3.05) is 17.6 Å². The predicted octanol–water partition coefficient (Wildman–Crippen LogP) is 0.995. The zero-order valence-electron chi connectivity index (χ0n) is 9.22. The molecule has 17 heavy (non-hydrogen) atoms. The molecule has 0 atom stereocenters. The van der Waals surface area contributed by atoms with Crippen molar-refractivity contribution in [3.8, 4) is 0 Å². The molecule has 6 nitrogen and oxygen atoms in total. The number of hydrogen-bond donors (Lipinski definition) is 3. The maximum Gasteiger partial charge on any atom is 0.405 e. The molecule has 0 aliphatic carbocycles. The molecule has 0 bridgehead atoms. The topological polar surface area (TPSA) is 85.0 Å². The lowest BCUT2D eigenvalue weighted by atomic mass is 10.4. The van der Waals surface area contributed by atoms with Crippen molar-refractivity contribution >= 4 is 17.5 Å². The number of carbonyl (C=O) groups excluding carboxylic acids is 1. The summed E-state index contributed by atoms with van der Waals surface area (Å²) in [5.74, 6) is 0.155. The van der Waals surface area contributed by atoms with Gasteiger partial charge in [0.25, 0.3) is 0 Å². The SMILES string of the molecule is Cc1nn(C)c(NC(=O)NCC(F)(F)F)c1N. The van der Waals surface area contributed by atoms with E-state index in [0.717, 1.165) is 0 Å². The second-order valence-electron chi connectivity index (χ2n) is 3.39. The van der Waals surface area contributed by atoms with Crippen LogP contribution < -0.4 is 16.4 Å². The molecule has 0 radical (unpaired) electrons. The monoisotopic (exact) mass is 251 g/mol. The van der Waals surface area contributed by atoms with Crippen LogP contribution in [-0.2, 0) is 7.05 Å². The lowest BCUT2D eigenvalue weighted by Gasteiger charge is -2.10. The van der Waals surface area contributed by atoms with Crippen molar-refractivity contribution in [1.82, 2.24) is 15.1 Å². The summed E-state index contributed by atoms with van der Waals surface area (Å²) in [5.41, 5.74) is 6.29. The van der Waals surface area contributed by atoms with Crippen LogP contribution >= 0.6 is 0 Å². The molecule has 1 aromatic rings. The molecule has 1 heterocycles. The third kappa shape index (κ3) is 3.54. The Kier molecular flexibility index (Phi) is 3.49. The van der Waals surface area contributed by atoms with Gasteiger partial charge >= 0.3 is 12.2 Å². The summed E-state index contributed by atoms with van der Waals surface area (Å²) in [5, 5.41) is 7.76. The van der Waals surface area contributed by atoms with Gasteiger partial charge in [-0.25, -0.2) is 4.79 Å². The minimum atomic E-state index is -4.45. The predicted molar refractivity (Wildman–Crippen MR) is 55.4 cm³/mol. The minimum Gasteiger partial charge on any atom is -0.394 e. The van der Waals surface area contributed by atoms with E-state index in [1.165, 1.54) is 11.7 Å². The number of amides is 2. The summed E-state index contributed by atoms with van der Waals surface area (Å²) in [7, 11) is 1.52. The zero-order valence-corrected chi connectivity index (χ0v) is 9.22. The molecule has 4 N–H and O–H groups in total. The van der Waals surface area contributed by atoms with Crippen LogP contribution in [0.2, 0.25) is 0 Å². The molecule has 2 amide bonds. The van der Waals surface area contributed by atoms with Gasteiger partial charge in [-0.1, -0.05) is 0 Å². The van der Waals surface area contributed by atoms with E-state index in [2.05, 4.69) is 10.4 Å². The third-order valence-electron chi connectivity index (χ3n) is 1.95. The van der Waals surface area contributed by atoms with E-state index in [4.69, 9.17) is 5.73 Å². The number of aryl methyl sites for hydroxylation is 2. The first-order valence-corrected chi connectivity index (χ1v) is 4.61. The fourth-order valence-electron chi connectivity index (χ4n) is 1.16. The van der Waals surface area contributed by atoms with E-state index in [1.807, 2.05) is 0 Å². The van der Waals surface area contributed by atoms with Crippen molar-refractivity contribution in [2.45, 2.75) is 13.1 Å². The minimum absolute atomic E-state index is 0.155. The Hall–Kier alpha value is -1.93. The van der Waals surface area contributed by atoms with Crippen LogP contribution in [0.15, 0.2) is 0 Å². The van der Waals surface area contributed by atoms with Crippen LogP contribution in [0.4, 0.5) is 29.5 Å². The number of anilines is 2. The van der Waals surface area contributed by atoms with Crippen LogP contribution in [0.1, 0.15) is 5.69 Å². The number of nitrogen functional groups attached to an aromatic ring is 1. The number of alkyl halides is 3. The number of carbonyl (C=O) groups is 1. The molecule has 0 saturated carbocycles. The number of halogens is 3. The van der Waals surface area contributed by atoms with Gasteiger partial charge in [0.2, 0.25) is 0 Å². The molecular weight excluding hydrogens is 239 g/mol. The van der Waals surface area contributed by atoms with E-state index in [0.29, 0.717) is 5.69 Å². The number of aromatic nitrogens is 2. The fraction of sp³-hybridized carbons (Fsp3) is 0.500. The fourth-order valence-corrected chi connectivity index (χ4v) is 1.16. The van der Waals surface area contributed by atoms with Gasteiger partial charge in [0, 0.05) is 7.05 Å². The van der Waals surface area contributed by atoms with Gasteiger partial charge in [0.1, 0.15) is 6.54 Å². The van der Waals surface area contributed by atoms with Gasteiger partial charge in [0.15, 0.2) is 5.82 Å². The summed E-state index contributed by atoms with van der Waals surface area (Å²) < 4.78 is 36.8. The van der Waals surface area contributed by atoms with Gasteiger partial charge in [-0.3, -0.25) is 10.00 Å². The number of rotatable bonds is 2. The first-order chi connectivity index (χ1) is 7.70. The Balaban J connectivity index is 2.63. The lowest BCUT2D eigenvalue weighted by molar-refractivity contribution is -0.122. The first kappa shape index (κ1) is 13.1. The first-order valence-electron chi connectivity index (χ1n) is 4.61. The van der Waals surface area contributed by atoms with Crippen molar-refractivity contribution in [1.29, 1.82) is 0 Å². The molecule has 9 heteroatoms. The van der Waals surface area contributed by atoms with Gasteiger partial charge in [-0.05, 0) is 6.92 Å². The Labute approximate surface area is 95.0 Å². The smallest absolute Gasteiger partial charge is 0.394 e. The van der Waals surface area contributed by atoms with Crippen molar-refractivity contribution in [3.05, 3.63) is 5.69 Å². The highest BCUT2D eigenvalue weighted by Gasteiger charge is 2.28. The van der Waals surface area contributed by atoms with Crippen LogP contribution in [0.3, 0.4) is 0 Å². The van der Waals surface area contributed by atoms with Gasteiger partial charge in [-0.2, -0.15) is 18.3 Å². The molecule has 96 valence electrons. The van der Waals surface area contributed by atoms with Crippen molar-refractivity contribution < 1.29 is 18.0 Å². The molecule has 0 spiro atoms. The number of urea groups is 1. The molecule has 0 saturated heterocycles. The van der Waals surface area contributed by atoms with Gasteiger partial charge in [0.05, 0.1) is 11.4 Å². The Morgan fingerprint density at radius 2 is 2.12 bits per heavy atom. The molecule has 0 fully saturated rings. The number of nitrogens with zero attached hydrogens (tertiary/aromatic N) is 2. The molecule has 0 aliphatic rings. The van der Waals surface area contributed by atoms with E-state index >= 15 is 0 Å². The third-order valence-corrected chi connectivity index (χ3v) is 1.95. The molecular formula is C8H12F3N5O. The van der Waals surface area contributed by atoms with Crippen molar-refractivity contribution in [2.24, 2.45) is 7.05 Å². The average molecular weight is 251 g/mol. The summed E-state index contributed by atoms with van der Waals surface area (Å²) in [6, 6.07) is -0.989. The van der Waals surface area contributed by atoms with E-state index < -0.39 is 18.8 Å². The quantitative estimate of drug-likeness (QED) is 0.732. The summed E-state index contributed by atoms with van der Waals surface area (Å²) in [6.07, 6.45) is -4.45. The van der Waals surface area contributed by atoms with Crippen LogP contribution in [0.25, 0.3) is 0 Å². The summed E-state index contributed by atoms with van der Waals surface area (Å²) in [6.45, 7) is 0.212. The van der Waals surface area contributed by atoms with Gasteiger partial charge < -0.3 is 11.1 Å². The lowest BCUT2D eigenvalue weighted by Crippen LogP contribution is -2.37.